The first-order valence-corrected chi connectivity index (χ1v) is 9.73. The maximum Gasteiger partial charge on any atom is 0.261 e. The molecule has 5 nitrogen and oxygen atoms in total. The third-order valence-corrected chi connectivity index (χ3v) is 5.67. The molecule has 2 heterocycles. The fourth-order valence-corrected chi connectivity index (χ4v) is 4.30. The summed E-state index contributed by atoms with van der Waals surface area (Å²) < 4.78 is 7.88. The maximum absolute atomic E-state index is 12.8. The third-order valence-electron chi connectivity index (χ3n) is 5.44. The van der Waals surface area contributed by atoms with Crippen molar-refractivity contribution in [3.63, 3.8) is 0 Å². The number of ether oxygens (including phenoxy) is 1. The standard InChI is InChI=1S/C20H24ClN3O2/c1-23-17-9-3-2-8-16(17)22-20(23)18-10-5-11-24(18)19(25)13-26-15-7-4-6-14(21)12-15/h4,6-7,12,18H,2-3,5,8-11,13H2,1H3/t18-/m1/s1. The van der Waals surface area contributed by atoms with Crippen molar-refractivity contribution in [2.24, 2.45) is 7.05 Å². The summed E-state index contributed by atoms with van der Waals surface area (Å²) in [6.07, 6.45) is 6.56. The molecule has 1 fully saturated rings. The number of nitrogens with zero attached hydrogens (tertiary/aromatic N) is 3. The summed E-state index contributed by atoms with van der Waals surface area (Å²) in [6.45, 7) is 0.793. The lowest BCUT2D eigenvalue weighted by Crippen LogP contribution is -2.35. The van der Waals surface area contributed by atoms with Gasteiger partial charge in [-0.3, -0.25) is 4.79 Å². The van der Waals surface area contributed by atoms with Crippen molar-refractivity contribution in [3.8, 4) is 5.75 Å². The van der Waals surface area contributed by atoms with E-state index in [1.165, 1.54) is 24.2 Å². The third kappa shape index (κ3) is 3.32. The van der Waals surface area contributed by atoms with Crippen molar-refractivity contribution < 1.29 is 9.53 Å². The van der Waals surface area contributed by atoms with E-state index in [0.29, 0.717) is 10.8 Å². The first-order chi connectivity index (χ1) is 12.6. The second-order valence-electron chi connectivity index (χ2n) is 7.12. The van der Waals surface area contributed by atoms with Gasteiger partial charge < -0.3 is 14.2 Å². The predicted octanol–water partition coefficient (Wildman–Crippen LogP) is 3.69. The van der Waals surface area contributed by atoms with Crippen LogP contribution in [0.4, 0.5) is 0 Å². The van der Waals surface area contributed by atoms with Gasteiger partial charge in [0.15, 0.2) is 6.61 Å². The summed E-state index contributed by atoms with van der Waals surface area (Å²) in [7, 11) is 2.09. The number of likely N-dealkylation sites (tertiary alicyclic amines) is 1. The molecule has 6 heteroatoms. The molecule has 0 bridgehead atoms. The lowest BCUT2D eigenvalue weighted by atomic mass is 10.0. The number of carbonyl (C=O) groups is 1. The Morgan fingerprint density at radius 3 is 2.96 bits per heavy atom. The van der Waals surface area contributed by atoms with E-state index >= 15 is 0 Å². The van der Waals surface area contributed by atoms with Crippen LogP contribution in [0.25, 0.3) is 0 Å². The van der Waals surface area contributed by atoms with E-state index in [-0.39, 0.29) is 18.6 Å². The molecule has 0 spiro atoms. The molecule has 4 rings (SSSR count). The number of hydrogen-bond acceptors (Lipinski definition) is 3. The minimum absolute atomic E-state index is 0.00782. The smallest absolute Gasteiger partial charge is 0.261 e. The predicted molar refractivity (Wildman–Crippen MR) is 100 cm³/mol. The quantitative estimate of drug-likeness (QED) is 0.821. The summed E-state index contributed by atoms with van der Waals surface area (Å²) in [5.41, 5.74) is 2.57. The van der Waals surface area contributed by atoms with Gasteiger partial charge in [-0.15, -0.1) is 0 Å². The summed E-state index contributed by atoms with van der Waals surface area (Å²) in [5, 5.41) is 0.604. The molecule has 1 saturated heterocycles. The Kier molecular flexibility index (Phi) is 4.90. The summed E-state index contributed by atoms with van der Waals surface area (Å²) in [5.74, 6) is 1.66. The van der Waals surface area contributed by atoms with E-state index in [4.69, 9.17) is 21.3 Å². The van der Waals surface area contributed by atoms with Gasteiger partial charge in [-0.25, -0.2) is 4.98 Å². The van der Waals surface area contributed by atoms with Crippen molar-refractivity contribution in [1.29, 1.82) is 0 Å². The van der Waals surface area contributed by atoms with E-state index in [1.807, 2.05) is 17.0 Å². The number of aryl methyl sites for hydroxylation is 1. The van der Waals surface area contributed by atoms with Crippen molar-refractivity contribution in [2.75, 3.05) is 13.2 Å². The molecule has 2 aliphatic rings. The van der Waals surface area contributed by atoms with Crippen LogP contribution in [0, 0.1) is 0 Å². The maximum atomic E-state index is 12.8. The Bertz CT molecular complexity index is 817. The molecule has 26 heavy (non-hydrogen) atoms. The highest BCUT2D eigenvalue weighted by molar-refractivity contribution is 6.30. The van der Waals surface area contributed by atoms with Crippen LogP contribution in [0.2, 0.25) is 5.02 Å². The highest BCUT2D eigenvalue weighted by Crippen LogP contribution is 2.34. The molecular weight excluding hydrogens is 350 g/mol. The molecule has 0 radical (unpaired) electrons. The fraction of sp³-hybridized carbons (Fsp3) is 0.500. The van der Waals surface area contributed by atoms with Crippen LogP contribution in [0.3, 0.4) is 0 Å². The minimum Gasteiger partial charge on any atom is -0.484 e. The van der Waals surface area contributed by atoms with Gasteiger partial charge in [0.05, 0.1) is 11.7 Å². The van der Waals surface area contributed by atoms with Crippen molar-refractivity contribution in [1.82, 2.24) is 14.5 Å². The van der Waals surface area contributed by atoms with Crippen LogP contribution in [0.15, 0.2) is 24.3 Å². The topological polar surface area (TPSA) is 47.4 Å². The molecule has 0 N–H and O–H groups in total. The summed E-state index contributed by atoms with van der Waals surface area (Å²) in [6, 6.07) is 7.20. The van der Waals surface area contributed by atoms with Gasteiger partial charge in [-0.1, -0.05) is 17.7 Å². The molecule has 2 aromatic rings. The average Bonchev–Trinajstić information content (AvgIpc) is 3.25. The number of rotatable bonds is 4. The zero-order valence-corrected chi connectivity index (χ0v) is 15.8. The van der Waals surface area contributed by atoms with Crippen LogP contribution in [-0.4, -0.2) is 33.5 Å². The second kappa shape index (κ2) is 7.31. The van der Waals surface area contributed by atoms with Gasteiger partial charge in [0, 0.05) is 24.3 Å². The Labute approximate surface area is 158 Å². The monoisotopic (exact) mass is 373 g/mol. The highest BCUT2D eigenvalue weighted by atomic mass is 35.5. The molecule has 1 atom stereocenters. The molecule has 1 aromatic heterocycles. The van der Waals surface area contributed by atoms with Crippen LogP contribution >= 0.6 is 11.6 Å². The van der Waals surface area contributed by atoms with Crippen LogP contribution in [0.1, 0.15) is 48.9 Å². The lowest BCUT2D eigenvalue weighted by Gasteiger charge is -2.24. The zero-order valence-electron chi connectivity index (χ0n) is 15.1. The number of halogens is 1. The van der Waals surface area contributed by atoms with Gasteiger partial charge >= 0.3 is 0 Å². The molecule has 1 amide bonds. The van der Waals surface area contributed by atoms with E-state index in [1.54, 1.807) is 12.1 Å². The van der Waals surface area contributed by atoms with E-state index < -0.39 is 0 Å². The molecule has 138 valence electrons. The largest absolute Gasteiger partial charge is 0.484 e. The van der Waals surface area contributed by atoms with Crippen LogP contribution < -0.4 is 4.74 Å². The second-order valence-corrected chi connectivity index (χ2v) is 7.56. The van der Waals surface area contributed by atoms with Crippen molar-refractivity contribution in [3.05, 3.63) is 46.5 Å². The molecule has 1 aliphatic heterocycles. The molecule has 0 unspecified atom stereocenters. The summed E-state index contributed by atoms with van der Waals surface area (Å²) >= 11 is 5.97. The highest BCUT2D eigenvalue weighted by Gasteiger charge is 2.34. The lowest BCUT2D eigenvalue weighted by molar-refractivity contribution is -0.134. The van der Waals surface area contributed by atoms with E-state index in [0.717, 1.165) is 38.1 Å². The molecule has 1 aromatic carbocycles. The van der Waals surface area contributed by atoms with Gasteiger partial charge in [-0.2, -0.15) is 0 Å². The molecule has 1 aliphatic carbocycles. The first-order valence-electron chi connectivity index (χ1n) is 9.35. The number of imidazole rings is 1. The van der Waals surface area contributed by atoms with Gasteiger partial charge in [0.2, 0.25) is 0 Å². The number of benzene rings is 1. The van der Waals surface area contributed by atoms with Crippen molar-refractivity contribution in [2.45, 2.75) is 44.6 Å². The Balaban J connectivity index is 1.48. The minimum atomic E-state index is 0.00782. The Hall–Kier alpha value is -2.01. The fourth-order valence-electron chi connectivity index (χ4n) is 4.12. The van der Waals surface area contributed by atoms with E-state index in [2.05, 4.69) is 11.6 Å². The normalized spacial score (nSPS) is 19.5. The Morgan fingerprint density at radius 1 is 1.31 bits per heavy atom. The number of fused-ring (bicyclic) bond motifs is 1. The zero-order chi connectivity index (χ0) is 18.1. The first kappa shape index (κ1) is 17.4. The number of carbonyl (C=O) groups excluding carboxylic acids is 1. The average molecular weight is 374 g/mol. The number of hydrogen-bond donors (Lipinski definition) is 0. The van der Waals surface area contributed by atoms with Crippen LogP contribution in [-0.2, 0) is 24.7 Å². The number of amides is 1. The Morgan fingerprint density at radius 2 is 2.15 bits per heavy atom. The van der Waals surface area contributed by atoms with Gasteiger partial charge in [0.1, 0.15) is 11.6 Å². The van der Waals surface area contributed by atoms with Crippen molar-refractivity contribution >= 4 is 17.5 Å². The SMILES string of the molecule is Cn1c([C@H]2CCCN2C(=O)COc2cccc(Cl)c2)nc2c1CCCC2. The molecule has 0 saturated carbocycles. The van der Waals surface area contributed by atoms with Gasteiger partial charge in [-0.05, 0) is 56.7 Å². The number of aromatic nitrogens is 2. The molecular formula is C20H24ClN3O2. The van der Waals surface area contributed by atoms with Crippen LogP contribution in [0.5, 0.6) is 5.75 Å². The van der Waals surface area contributed by atoms with Gasteiger partial charge in [0.25, 0.3) is 5.91 Å². The summed E-state index contributed by atoms with van der Waals surface area (Å²) in [4.78, 5) is 19.6. The van der Waals surface area contributed by atoms with E-state index in [9.17, 15) is 4.79 Å².